The Labute approximate surface area is 106 Å². The van der Waals surface area contributed by atoms with E-state index in [1.807, 2.05) is 0 Å². The van der Waals surface area contributed by atoms with E-state index in [4.69, 9.17) is 0 Å². The molecule has 1 saturated carbocycles. The summed E-state index contributed by atoms with van der Waals surface area (Å²) in [6.45, 7) is 0.551. The standard InChI is InChI=1S/C12H20N4O2/c17-8-12(5-2-1-3-6-12)15-11(18)4-7-16-10-13-9-14-16/h9-10,17H,1-8H2,(H,15,18). The van der Waals surface area contributed by atoms with Crippen molar-refractivity contribution in [3.05, 3.63) is 12.7 Å². The van der Waals surface area contributed by atoms with Crippen LogP contribution in [0, 0.1) is 0 Å². The zero-order valence-corrected chi connectivity index (χ0v) is 10.5. The SMILES string of the molecule is O=C(CCn1cncn1)NC1(CO)CCCCC1. The lowest BCUT2D eigenvalue weighted by atomic mass is 9.82. The van der Waals surface area contributed by atoms with Gasteiger partial charge in [0.25, 0.3) is 0 Å². The van der Waals surface area contributed by atoms with Gasteiger partial charge in [0.1, 0.15) is 12.7 Å². The lowest BCUT2D eigenvalue weighted by molar-refractivity contribution is -0.124. The number of rotatable bonds is 5. The van der Waals surface area contributed by atoms with Crippen LogP contribution in [0.15, 0.2) is 12.7 Å². The van der Waals surface area contributed by atoms with Gasteiger partial charge in [-0.3, -0.25) is 9.48 Å². The van der Waals surface area contributed by atoms with Gasteiger partial charge >= 0.3 is 0 Å². The Kier molecular flexibility index (Phi) is 4.30. The van der Waals surface area contributed by atoms with Gasteiger partial charge in [0.15, 0.2) is 0 Å². The fraction of sp³-hybridized carbons (Fsp3) is 0.750. The van der Waals surface area contributed by atoms with Gasteiger partial charge in [0.2, 0.25) is 5.91 Å². The quantitative estimate of drug-likeness (QED) is 0.798. The predicted molar refractivity (Wildman–Crippen MR) is 65.7 cm³/mol. The molecule has 0 radical (unpaired) electrons. The first-order valence-corrected chi connectivity index (χ1v) is 6.48. The highest BCUT2D eigenvalue weighted by atomic mass is 16.3. The van der Waals surface area contributed by atoms with Crippen LogP contribution in [0.1, 0.15) is 38.5 Å². The molecule has 0 spiro atoms. The Morgan fingerprint density at radius 2 is 2.17 bits per heavy atom. The number of hydrogen-bond donors (Lipinski definition) is 2. The predicted octanol–water partition coefficient (Wildman–Crippen LogP) is 0.480. The summed E-state index contributed by atoms with van der Waals surface area (Å²) in [5, 5.41) is 16.4. The van der Waals surface area contributed by atoms with Crippen LogP contribution < -0.4 is 5.32 Å². The first-order valence-electron chi connectivity index (χ1n) is 6.48. The summed E-state index contributed by atoms with van der Waals surface area (Å²) < 4.78 is 1.63. The maximum Gasteiger partial charge on any atom is 0.222 e. The van der Waals surface area contributed by atoms with Crippen molar-refractivity contribution in [2.24, 2.45) is 0 Å². The van der Waals surface area contributed by atoms with Crippen molar-refractivity contribution >= 4 is 5.91 Å². The normalized spacial score (nSPS) is 18.5. The van der Waals surface area contributed by atoms with Crippen LogP contribution in [0.3, 0.4) is 0 Å². The molecule has 1 fully saturated rings. The first-order chi connectivity index (χ1) is 8.74. The summed E-state index contributed by atoms with van der Waals surface area (Å²) in [4.78, 5) is 15.7. The second-order valence-electron chi connectivity index (χ2n) is 4.96. The molecule has 0 saturated heterocycles. The van der Waals surface area contributed by atoms with Crippen molar-refractivity contribution in [3.8, 4) is 0 Å². The van der Waals surface area contributed by atoms with Crippen LogP contribution in [0.2, 0.25) is 0 Å². The molecule has 0 aromatic carbocycles. The van der Waals surface area contributed by atoms with Crippen molar-refractivity contribution in [1.29, 1.82) is 0 Å². The van der Waals surface area contributed by atoms with E-state index in [1.54, 1.807) is 11.0 Å². The molecule has 1 aromatic heterocycles. The Bertz CT molecular complexity index is 371. The van der Waals surface area contributed by atoms with E-state index in [9.17, 15) is 9.90 Å². The molecule has 2 rings (SSSR count). The molecule has 1 aliphatic carbocycles. The molecule has 18 heavy (non-hydrogen) atoms. The van der Waals surface area contributed by atoms with Gasteiger partial charge in [-0.05, 0) is 12.8 Å². The van der Waals surface area contributed by atoms with Gasteiger partial charge in [0.05, 0.1) is 18.7 Å². The maximum absolute atomic E-state index is 11.9. The molecular weight excluding hydrogens is 232 g/mol. The molecule has 0 aliphatic heterocycles. The van der Waals surface area contributed by atoms with Crippen LogP contribution in [0.4, 0.5) is 0 Å². The molecule has 1 aliphatic rings. The number of amides is 1. The molecule has 1 heterocycles. The van der Waals surface area contributed by atoms with E-state index in [-0.39, 0.29) is 12.5 Å². The number of carbonyl (C=O) groups excluding carboxylic acids is 1. The monoisotopic (exact) mass is 252 g/mol. The van der Waals surface area contributed by atoms with Crippen molar-refractivity contribution < 1.29 is 9.90 Å². The van der Waals surface area contributed by atoms with Crippen molar-refractivity contribution in [1.82, 2.24) is 20.1 Å². The number of aliphatic hydroxyl groups is 1. The lowest BCUT2D eigenvalue weighted by Gasteiger charge is -2.36. The lowest BCUT2D eigenvalue weighted by Crippen LogP contribution is -2.52. The summed E-state index contributed by atoms with van der Waals surface area (Å²) in [6, 6.07) is 0. The fourth-order valence-corrected chi connectivity index (χ4v) is 2.47. The molecule has 100 valence electrons. The largest absolute Gasteiger partial charge is 0.394 e. The van der Waals surface area contributed by atoms with Gasteiger partial charge < -0.3 is 10.4 Å². The van der Waals surface area contributed by atoms with E-state index in [2.05, 4.69) is 15.4 Å². The Hall–Kier alpha value is -1.43. The third-order valence-electron chi connectivity index (χ3n) is 3.55. The number of hydrogen-bond acceptors (Lipinski definition) is 4. The van der Waals surface area contributed by atoms with Gasteiger partial charge in [-0.15, -0.1) is 0 Å². The third-order valence-corrected chi connectivity index (χ3v) is 3.55. The fourth-order valence-electron chi connectivity index (χ4n) is 2.47. The summed E-state index contributed by atoms with van der Waals surface area (Å²) in [5.41, 5.74) is -0.391. The van der Waals surface area contributed by atoms with E-state index in [0.29, 0.717) is 13.0 Å². The maximum atomic E-state index is 11.9. The number of carbonyl (C=O) groups is 1. The average Bonchev–Trinajstić information content (AvgIpc) is 2.91. The minimum Gasteiger partial charge on any atom is -0.394 e. The summed E-state index contributed by atoms with van der Waals surface area (Å²) >= 11 is 0. The Morgan fingerprint density at radius 1 is 1.39 bits per heavy atom. The number of nitrogens with one attached hydrogen (secondary N) is 1. The molecular formula is C12H20N4O2. The minimum atomic E-state index is -0.391. The van der Waals surface area contributed by atoms with Crippen molar-refractivity contribution in [3.63, 3.8) is 0 Å². The zero-order valence-electron chi connectivity index (χ0n) is 10.5. The van der Waals surface area contributed by atoms with Gasteiger partial charge in [-0.1, -0.05) is 19.3 Å². The highest BCUT2D eigenvalue weighted by Gasteiger charge is 2.32. The average molecular weight is 252 g/mol. The van der Waals surface area contributed by atoms with Gasteiger partial charge in [-0.25, -0.2) is 4.98 Å². The Balaban J connectivity index is 1.81. The molecule has 2 N–H and O–H groups in total. The van der Waals surface area contributed by atoms with Gasteiger partial charge in [-0.2, -0.15) is 5.10 Å². The summed E-state index contributed by atoms with van der Waals surface area (Å²) in [7, 11) is 0. The van der Waals surface area contributed by atoms with Crippen LogP contribution in [0.5, 0.6) is 0 Å². The topological polar surface area (TPSA) is 80.0 Å². The number of aliphatic hydroxyl groups excluding tert-OH is 1. The highest BCUT2D eigenvalue weighted by Crippen LogP contribution is 2.27. The molecule has 1 aromatic rings. The molecule has 6 heteroatoms. The third kappa shape index (κ3) is 3.29. The number of nitrogens with zero attached hydrogens (tertiary/aromatic N) is 3. The van der Waals surface area contributed by atoms with Crippen LogP contribution >= 0.6 is 0 Å². The molecule has 0 atom stereocenters. The molecule has 6 nitrogen and oxygen atoms in total. The van der Waals surface area contributed by atoms with E-state index in [1.165, 1.54) is 12.7 Å². The smallest absolute Gasteiger partial charge is 0.222 e. The van der Waals surface area contributed by atoms with Crippen molar-refractivity contribution in [2.45, 2.75) is 50.6 Å². The van der Waals surface area contributed by atoms with Crippen molar-refractivity contribution in [2.75, 3.05) is 6.61 Å². The van der Waals surface area contributed by atoms with E-state index < -0.39 is 5.54 Å². The second kappa shape index (κ2) is 5.95. The van der Waals surface area contributed by atoms with Crippen LogP contribution in [-0.4, -0.2) is 37.9 Å². The van der Waals surface area contributed by atoms with E-state index >= 15 is 0 Å². The number of aryl methyl sites for hydroxylation is 1. The second-order valence-corrected chi connectivity index (χ2v) is 4.96. The van der Waals surface area contributed by atoms with Crippen LogP contribution in [0.25, 0.3) is 0 Å². The summed E-state index contributed by atoms with van der Waals surface area (Å²) in [5.74, 6) is -0.0264. The molecule has 1 amide bonds. The zero-order chi connectivity index (χ0) is 12.8. The first kappa shape index (κ1) is 13.0. The number of aromatic nitrogens is 3. The van der Waals surface area contributed by atoms with E-state index in [0.717, 1.165) is 25.7 Å². The van der Waals surface area contributed by atoms with Gasteiger partial charge in [0, 0.05) is 6.42 Å². The highest BCUT2D eigenvalue weighted by molar-refractivity contribution is 5.76. The molecule has 0 bridgehead atoms. The Morgan fingerprint density at radius 3 is 2.78 bits per heavy atom. The van der Waals surface area contributed by atoms with Crippen LogP contribution in [-0.2, 0) is 11.3 Å². The summed E-state index contributed by atoms with van der Waals surface area (Å²) in [6.07, 6.45) is 8.50. The molecule has 0 unspecified atom stereocenters. The minimum absolute atomic E-state index is 0.0264.